The topological polar surface area (TPSA) is 65.7 Å². The Balaban J connectivity index is 2.23. The van der Waals surface area contributed by atoms with Gasteiger partial charge in [0.25, 0.3) is 0 Å². The van der Waals surface area contributed by atoms with Crippen LogP contribution >= 0.6 is 12.2 Å². The van der Waals surface area contributed by atoms with Crippen LogP contribution in [0.2, 0.25) is 0 Å². The molecule has 90 valence electrons. The van der Waals surface area contributed by atoms with Crippen LogP contribution in [0.15, 0.2) is 29.3 Å². The zero-order chi connectivity index (χ0) is 12.4. The summed E-state index contributed by atoms with van der Waals surface area (Å²) in [7, 11) is 4.01. The van der Waals surface area contributed by atoms with Gasteiger partial charge in [-0.3, -0.25) is 0 Å². The van der Waals surface area contributed by atoms with Crippen LogP contribution in [0.4, 0.5) is 5.69 Å². The molecule has 0 saturated heterocycles. The van der Waals surface area contributed by atoms with Crippen molar-refractivity contribution in [3.05, 3.63) is 29.8 Å². The van der Waals surface area contributed by atoms with Crippen LogP contribution in [-0.2, 0) is 0 Å². The number of anilines is 1. The lowest BCUT2D eigenvalue weighted by Crippen LogP contribution is -2.49. The number of thiocarbonyl (C=S) groups is 1. The third kappa shape index (κ3) is 2.65. The number of nitrogens with zero attached hydrogens (tertiary/aromatic N) is 2. The van der Waals surface area contributed by atoms with E-state index in [1.807, 2.05) is 43.3 Å². The van der Waals surface area contributed by atoms with Crippen LogP contribution in [0.25, 0.3) is 0 Å². The minimum Gasteiger partial charge on any atom is -0.378 e. The van der Waals surface area contributed by atoms with Crippen molar-refractivity contribution in [3.63, 3.8) is 0 Å². The number of nitrogens with one attached hydrogen (secondary N) is 2. The van der Waals surface area contributed by atoms with Crippen LogP contribution in [-0.4, -0.2) is 25.2 Å². The monoisotopic (exact) mass is 249 g/mol. The van der Waals surface area contributed by atoms with E-state index in [0.29, 0.717) is 11.1 Å². The van der Waals surface area contributed by atoms with E-state index in [1.54, 1.807) is 0 Å². The maximum Gasteiger partial charge on any atom is 0.197 e. The number of hydrogen-bond acceptors (Lipinski definition) is 4. The quantitative estimate of drug-likeness (QED) is 0.668. The zero-order valence-corrected chi connectivity index (χ0v) is 10.6. The average molecular weight is 249 g/mol. The molecule has 1 heterocycles. The standard InChI is InChI=1S/C11H15N5S/c1-16(2)8-5-3-7(4-6-8)9-13-10(12)15-11(17)14-9/h3-6,9H,1-2H3,(H4,12,13,14,15,17)/t9-/m1/s1. The maximum absolute atomic E-state index is 5.63. The molecule has 1 aliphatic heterocycles. The molecule has 0 aromatic heterocycles. The van der Waals surface area contributed by atoms with Gasteiger partial charge in [-0.25, -0.2) is 4.99 Å². The lowest BCUT2D eigenvalue weighted by atomic mass is 10.1. The molecule has 1 atom stereocenters. The highest BCUT2D eigenvalue weighted by Crippen LogP contribution is 2.19. The Morgan fingerprint density at radius 3 is 2.47 bits per heavy atom. The molecule has 17 heavy (non-hydrogen) atoms. The highest BCUT2D eigenvalue weighted by Gasteiger charge is 2.16. The largest absolute Gasteiger partial charge is 0.378 e. The van der Waals surface area contributed by atoms with Crippen molar-refractivity contribution >= 4 is 29.0 Å². The number of aliphatic imine (C=N–C) groups is 1. The van der Waals surface area contributed by atoms with Gasteiger partial charge in [0.1, 0.15) is 6.17 Å². The fraction of sp³-hybridized carbons (Fsp3) is 0.273. The van der Waals surface area contributed by atoms with E-state index < -0.39 is 0 Å². The first kappa shape index (κ1) is 11.7. The van der Waals surface area contributed by atoms with Crippen molar-refractivity contribution in [1.82, 2.24) is 10.6 Å². The first-order valence-electron chi connectivity index (χ1n) is 5.24. The highest BCUT2D eigenvalue weighted by atomic mass is 32.1. The van der Waals surface area contributed by atoms with Crippen LogP contribution in [0.1, 0.15) is 11.7 Å². The van der Waals surface area contributed by atoms with E-state index in [2.05, 4.69) is 15.6 Å². The van der Waals surface area contributed by atoms with E-state index >= 15 is 0 Å². The fourth-order valence-corrected chi connectivity index (χ4v) is 1.81. The minimum atomic E-state index is -0.208. The van der Waals surface area contributed by atoms with E-state index in [-0.39, 0.29) is 6.17 Å². The Kier molecular flexibility index (Phi) is 3.14. The number of benzene rings is 1. The summed E-state index contributed by atoms with van der Waals surface area (Å²) >= 11 is 5.04. The van der Waals surface area contributed by atoms with Crippen molar-refractivity contribution in [1.29, 1.82) is 0 Å². The van der Waals surface area contributed by atoms with Crippen molar-refractivity contribution in [2.75, 3.05) is 19.0 Å². The molecule has 0 radical (unpaired) electrons. The lowest BCUT2D eigenvalue weighted by Gasteiger charge is -2.23. The van der Waals surface area contributed by atoms with Gasteiger partial charge in [-0.2, -0.15) is 0 Å². The molecule has 4 N–H and O–H groups in total. The van der Waals surface area contributed by atoms with Gasteiger partial charge in [-0.1, -0.05) is 12.1 Å². The molecule has 2 rings (SSSR count). The van der Waals surface area contributed by atoms with Crippen LogP contribution in [0.3, 0.4) is 0 Å². The van der Waals surface area contributed by atoms with Gasteiger partial charge in [-0.15, -0.1) is 0 Å². The number of hydrogen-bond donors (Lipinski definition) is 3. The molecule has 0 aliphatic carbocycles. The molecular weight excluding hydrogens is 234 g/mol. The van der Waals surface area contributed by atoms with Gasteiger partial charge in [-0.05, 0) is 29.9 Å². The Labute approximate surface area is 106 Å². The van der Waals surface area contributed by atoms with Gasteiger partial charge in [0, 0.05) is 19.8 Å². The molecule has 1 aromatic rings. The third-order valence-corrected chi connectivity index (χ3v) is 2.72. The normalized spacial score (nSPS) is 19.1. The summed E-state index contributed by atoms with van der Waals surface area (Å²) in [5, 5.41) is 6.30. The summed E-state index contributed by atoms with van der Waals surface area (Å²) in [6.45, 7) is 0. The summed E-state index contributed by atoms with van der Waals surface area (Å²) in [5.74, 6) is 0.343. The van der Waals surface area contributed by atoms with E-state index in [9.17, 15) is 0 Å². The molecule has 1 aromatic carbocycles. The number of guanidine groups is 1. The molecule has 0 saturated carbocycles. The van der Waals surface area contributed by atoms with Crippen LogP contribution in [0.5, 0.6) is 0 Å². The van der Waals surface area contributed by atoms with Gasteiger partial charge in [0.15, 0.2) is 11.1 Å². The van der Waals surface area contributed by atoms with E-state index in [1.165, 1.54) is 0 Å². The molecule has 1 aliphatic rings. The molecule has 0 bridgehead atoms. The first-order chi connectivity index (χ1) is 8.06. The second kappa shape index (κ2) is 4.58. The van der Waals surface area contributed by atoms with Crippen molar-refractivity contribution < 1.29 is 0 Å². The van der Waals surface area contributed by atoms with Gasteiger partial charge in [0.2, 0.25) is 0 Å². The smallest absolute Gasteiger partial charge is 0.197 e. The molecule has 0 amide bonds. The molecule has 0 spiro atoms. The molecule has 5 nitrogen and oxygen atoms in total. The lowest BCUT2D eigenvalue weighted by molar-refractivity contribution is 0.660. The Hall–Kier alpha value is -1.82. The van der Waals surface area contributed by atoms with Crippen LogP contribution in [0, 0.1) is 0 Å². The molecule has 0 unspecified atom stereocenters. The Morgan fingerprint density at radius 1 is 1.29 bits per heavy atom. The second-order valence-corrected chi connectivity index (χ2v) is 4.41. The Morgan fingerprint density at radius 2 is 1.94 bits per heavy atom. The summed E-state index contributed by atoms with van der Waals surface area (Å²) in [6, 6.07) is 8.09. The van der Waals surface area contributed by atoms with Crippen molar-refractivity contribution in [3.8, 4) is 0 Å². The van der Waals surface area contributed by atoms with Gasteiger partial charge in [0.05, 0.1) is 0 Å². The summed E-state index contributed by atoms with van der Waals surface area (Å²) < 4.78 is 0. The van der Waals surface area contributed by atoms with Crippen molar-refractivity contribution in [2.45, 2.75) is 6.17 Å². The zero-order valence-electron chi connectivity index (χ0n) is 9.77. The van der Waals surface area contributed by atoms with Crippen LogP contribution < -0.4 is 21.3 Å². The third-order valence-electron chi connectivity index (χ3n) is 2.50. The summed E-state index contributed by atoms with van der Waals surface area (Å²) in [5.41, 5.74) is 7.81. The summed E-state index contributed by atoms with van der Waals surface area (Å²) in [6.07, 6.45) is -0.208. The number of rotatable bonds is 2. The maximum atomic E-state index is 5.63. The average Bonchev–Trinajstić information content (AvgIpc) is 2.28. The van der Waals surface area contributed by atoms with Gasteiger partial charge < -0.3 is 21.3 Å². The second-order valence-electron chi connectivity index (χ2n) is 4.00. The predicted molar refractivity (Wildman–Crippen MR) is 74.0 cm³/mol. The molecule has 0 fully saturated rings. The van der Waals surface area contributed by atoms with E-state index in [4.69, 9.17) is 18.0 Å². The Bertz CT molecular complexity index is 451. The van der Waals surface area contributed by atoms with Gasteiger partial charge >= 0.3 is 0 Å². The SMILES string of the molecule is CN(C)c1ccc([C@@H]2N=C(N)NC(=S)N2)cc1. The molecule has 6 heteroatoms. The number of nitrogens with two attached hydrogens (primary N) is 1. The fourth-order valence-electron chi connectivity index (χ4n) is 1.59. The molecular formula is C11H15N5S. The predicted octanol–water partition coefficient (Wildman–Crippen LogP) is 0.544. The van der Waals surface area contributed by atoms with E-state index in [0.717, 1.165) is 11.3 Å². The minimum absolute atomic E-state index is 0.208. The highest BCUT2D eigenvalue weighted by molar-refractivity contribution is 7.80. The van der Waals surface area contributed by atoms with Crippen molar-refractivity contribution in [2.24, 2.45) is 10.7 Å². The summed E-state index contributed by atoms with van der Waals surface area (Å²) in [4.78, 5) is 6.29. The first-order valence-corrected chi connectivity index (χ1v) is 5.65.